The van der Waals surface area contributed by atoms with Gasteiger partial charge in [0.15, 0.2) is 0 Å². The molecule has 0 aliphatic rings. The Morgan fingerprint density at radius 2 is 1.08 bits per heavy atom. The Morgan fingerprint density at radius 1 is 0.550 bits per heavy atom. The van der Waals surface area contributed by atoms with Gasteiger partial charge in [-0.25, -0.2) is 0 Å². The van der Waals surface area contributed by atoms with Gasteiger partial charge >= 0.3 is 0 Å². The SMILES string of the molecule is C=C/C(=C\C)Nc1ccccc1-c1cccc(-c2ccc3c(C)c(/C=C\CC)n(-c4cccc(-c5ccc6c7ccccc7c7ccccc7c6c5)c4)c3c2)c1.CC.CC. The highest BCUT2D eigenvalue weighted by atomic mass is 15.0. The van der Waals surface area contributed by atoms with Crippen LogP contribution in [0.2, 0.25) is 0 Å². The number of allylic oxidation sites excluding steroid dienone is 3. The van der Waals surface area contributed by atoms with Gasteiger partial charge in [0.25, 0.3) is 0 Å². The number of anilines is 1. The number of aryl methyl sites for hydroxylation is 1. The van der Waals surface area contributed by atoms with Crippen LogP contribution in [0, 0.1) is 6.92 Å². The van der Waals surface area contributed by atoms with Crippen LogP contribution in [-0.2, 0) is 0 Å². The number of para-hydroxylation sites is 1. The van der Waals surface area contributed by atoms with Crippen molar-refractivity contribution in [2.45, 2.75) is 54.9 Å². The number of hydrogen-bond donors (Lipinski definition) is 1. The van der Waals surface area contributed by atoms with Crippen LogP contribution in [0.3, 0.4) is 0 Å². The van der Waals surface area contributed by atoms with Crippen LogP contribution in [0.25, 0.3) is 88.4 Å². The van der Waals surface area contributed by atoms with Gasteiger partial charge in [-0.05, 0) is 135 Å². The average Bonchev–Trinajstić information content (AvgIpc) is 3.61. The number of hydrogen-bond acceptors (Lipinski definition) is 1. The molecular formula is C58H56N2. The standard InChI is InChI=1S/C54H44N2.2C2H6/c1-5-8-27-53-36(4)44-30-28-40(37-17-15-19-41(32-37)45-21-13-14-26-52(45)55-42(6-2)7-3)35-54(44)56(53)43-20-16-18-38(33-43)39-29-31-50-48-24-10-9-22-46(48)47-23-11-12-25-49(47)51(50)34-39;2*1-2/h6-35,55H,2,5H2,1,3-4H3;2*1-2H3/b27-8-,42-7+;;. The van der Waals surface area contributed by atoms with Crippen LogP contribution >= 0.6 is 0 Å². The topological polar surface area (TPSA) is 17.0 Å². The lowest BCUT2D eigenvalue weighted by atomic mass is 9.92. The predicted molar refractivity (Wildman–Crippen MR) is 266 cm³/mol. The van der Waals surface area contributed by atoms with Crippen molar-refractivity contribution in [1.82, 2.24) is 4.57 Å². The molecule has 8 aromatic carbocycles. The van der Waals surface area contributed by atoms with E-state index in [1.165, 1.54) is 76.7 Å². The zero-order chi connectivity index (χ0) is 42.2. The van der Waals surface area contributed by atoms with Gasteiger partial charge in [-0.15, -0.1) is 0 Å². The maximum absolute atomic E-state index is 3.98. The lowest BCUT2D eigenvalue weighted by Crippen LogP contribution is -1.98. The number of benzene rings is 8. The third kappa shape index (κ3) is 7.82. The smallest absolute Gasteiger partial charge is 0.0543 e. The summed E-state index contributed by atoms with van der Waals surface area (Å²) in [6.07, 6.45) is 9.42. The van der Waals surface area contributed by atoms with Crippen molar-refractivity contribution in [3.05, 3.63) is 199 Å². The summed E-state index contributed by atoms with van der Waals surface area (Å²) in [5, 5.41) is 12.5. The van der Waals surface area contributed by atoms with Crippen molar-refractivity contribution >= 4 is 55.0 Å². The van der Waals surface area contributed by atoms with Gasteiger partial charge in [0.1, 0.15) is 0 Å². The molecule has 60 heavy (non-hydrogen) atoms. The second kappa shape index (κ2) is 18.8. The second-order valence-corrected chi connectivity index (χ2v) is 14.5. The first-order chi connectivity index (χ1) is 29.6. The van der Waals surface area contributed by atoms with E-state index in [4.69, 9.17) is 0 Å². The van der Waals surface area contributed by atoms with Gasteiger partial charge in [-0.1, -0.05) is 175 Å². The van der Waals surface area contributed by atoms with Crippen LogP contribution in [0.4, 0.5) is 5.69 Å². The highest BCUT2D eigenvalue weighted by Gasteiger charge is 2.17. The maximum atomic E-state index is 3.98. The molecule has 0 radical (unpaired) electrons. The van der Waals surface area contributed by atoms with Crippen LogP contribution < -0.4 is 5.32 Å². The molecule has 0 aliphatic heterocycles. The molecule has 1 aromatic heterocycles. The quantitative estimate of drug-likeness (QED) is 0.114. The van der Waals surface area contributed by atoms with Crippen LogP contribution in [0.1, 0.15) is 59.2 Å². The van der Waals surface area contributed by atoms with E-state index in [1.807, 2.05) is 46.8 Å². The monoisotopic (exact) mass is 780 g/mol. The van der Waals surface area contributed by atoms with E-state index >= 15 is 0 Å². The van der Waals surface area contributed by atoms with Gasteiger partial charge in [0.05, 0.1) is 5.52 Å². The summed E-state index contributed by atoms with van der Waals surface area (Å²) in [5.74, 6) is 0. The fourth-order valence-electron chi connectivity index (χ4n) is 8.37. The zero-order valence-electron chi connectivity index (χ0n) is 36.2. The Bertz CT molecular complexity index is 2990. The molecule has 0 aliphatic carbocycles. The average molecular weight is 781 g/mol. The molecule has 0 atom stereocenters. The lowest BCUT2D eigenvalue weighted by Gasteiger charge is -2.15. The molecule has 1 heterocycles. The van der Waals surface area contributed by atoms with Gasteiger partial charge in [0, 0.05) is 33.7 Å². The zero-order valence-corrected chi connectivity index (χ0v) is 36.2. The first kappa shape index (κ1) is 41.3. The fraction of sp³-hybridized carbons (Fsp3) is 0.138. The predicted octanol–water partition coefficient (Wildman–Crippen LogP) is 17.4. The first-order valence-corrected chi connectivity index (χ1v) is 21.6. The number of aromatic nitrogens is 1. The summed E-state index contributed by atoms with van der Waals surface area (Å²) in [6, 6.07) is 57.9. The molecule has 0 saturated carbocycles. The minimum Gasteiger partial charge on any atom is -0.355 e. The number of nitrogens with zero attached hydrogens (tertiary/aromatic N) is 1. The lowest BCUT2D eigenvalue weighted by molar-refractivity contribution is 1.09. The summed E-state index contributed by atoms with van der Waals surface area (Å²) < 4.78 is 2.45. The summed E-state index contributed by atoms with van der Waals surface area (Å²) in [6.45, 7) is 18.4. The molecule has 2 heteroatoms. The highest BCUT2D eigenvalue weighted by Crippen LogP contribution is 2.39. The highest BCUT2D eigenvalue weighted by molar-refractivity contribution is 6.25. The number of nitrogens with one attached hydrogen (secondary N) is 1. The van der Waals surface area contributed by atoms with Gasteiger partial charge in [-0.3, -0.25) is 0 Å². The molecule has 0 fully saturated rings. The number of fused-ring (bicyclic) bond motifs is 7. The van der Waals surface area contributed by atoms with Crippen molar-refractivity contribution in [2.24, 2.45) is 0 Å². The van der Waals surface area contributed by atoms with E-state index in [9.17, 15) is 0 Å². The molecule has 298 valence electrons. The Morgan fingerprint density at radius 3 is 1.73 bits per heavy atom. The van der Waals surface area contributed by atoms with Crippen molar-refractivity contribution in [1.29, 1.82) is 0 Å². The molecule has 0 spiro atoms. The van der Waals surface area contributed by atoms with Crippen molar-refractivity contribution in [2.75, 3.05) is 5.32 Å². The third-order valence-electron chi connectivity index (χ3n) is 11.2. The summed E-state index contributed by atoms with van der Waals surface area (Å²) >= 11 is 0. The largest absolute Gasteiger partial charge is 0.355 e. The van der Waals surface area contributed by atoms with Gasteiger partial charge in [-0.2, -0.15) is 0 Å². The molecule has 0 bridgehead atoms. The molecular weight excluding hydrogens is 725 g/mol. The molecule has 0 amide bonds. The van der Waals surface area contributed by atoms with Crippen LogP contribution in [-0.4, -0.2) is 4.57 Å². The summed E-state index contributed by atoms with van der Waals surface area (Å²) in [7, 11) is 0. The molecule has 1 N–H and O–H groups in total. The van der Waals surface area contributed by atoms with E-state index < -0.39 is 0 Å². The van der Waals surface area contributed by atoms with E-state index in [1.54, 1.807) is 0 Å². The Kier molecular flexibility index (Phi) is 12.9. The number of rotatable bonds is 9. The normalized spacial score (nSPS) is 11.4. The fourth-order valence-corrected chi connectivity index (χ4v) is 8.37. The van der Waals surface area contributed by atoms with Gasteiger partial charge in [0.2, 0.25) is 0 Å². The van der Waals surface area contributed by atoms with Crippen LogP contribution in [0.15, 0.2) is 188 Å². The van der Waals surface area contributed by atoms with E-state index in [0.717, 1.165) is 34.6 Å². The first-order valence-electron chi connectivity index (χ1n) is 21.6. The van der Waals surface area contributed by atoms with E-state index in [-0.39, 0.29) is 0 Å². The van der Waals surface area contributed by atoms with E-state index in [0.29, 0.717) is 0 Å². The Labute approximate surface area is 356 Å². The Balaban J connectivity index is 0.00000132. The molecule has 9 rings (SSSR count). The van der Waals surface area contributed by atoms with E-state index in [2.05, 4.69) is 200 Å². The minimum atomic E-state index is 0.970. The molecule has 0 saturated heterocycles. The van der Waals surface area contributed by atoms with Gasteiger partial charge < -0.3 is 9.88 Å². The summed E-state index contributed by atoms with van der Waals surface area (Å²) in [4.78, 5) is 0. The van der Waals surface area contributed by atoms with Crippen molar-refractivity contribution in [3.63, 3.8) is 0 Å². The van der Waals surface area contributed by atoms with Crippen LogP contribution in [0.5, 0.6) is 0 Å². The molecule has 0 unspecified atom stereocenters. The van der Waals surface area contributed by atoms with Crippen molar-refractivity contribution in [3.8, 4) is 39.1 Å². The second-order valence-electron chi connectivity index (χ2n) is 14.5. The third-order valence-corrected chi connectivity index (χ3v) is 11.2. The molecule has 2 nitrogen and oxygen atoms in total. The van der Waals surface area contributed by atoms with Crippen molar-refractivity contribution < 1.29 is 0 Å². The summed E-state index contributed by atoms with van der Waals surface area (Å²) in [5.41, 5.74) is 13.9. The molecule has 9 aromatic rings. The minimum absolute atomic E-state index is 0.970. The Hall–Kier alpha value is -6.90. The maximum Gasteiger partial charge on any atom is 0.0543 e.